The predicted octanol–water partition coefficient (Wildman–Crippen LogP) is -1.24. The second kappa shape index (κ2) is 8.05. The summed E-state index contributed by atoms with van der Waals surface area (Å²) in [6.07, 6.45) is 0.469. The SMILES string of the molecule is COC(CNC(=O)NCCS(C)=O)C(=O)O. The van der Waals surface area contributed by atoms with Crippen LogP contribution >= 0.6 is 0 Å². The monoisotopic (exact) mass is 252 g/mol. The van der Waals surface area contributed by atoms with E-state index in [0.29, 0.717) is 5.75 Å². The fourth-order valence-corrected chi connectivity index (χ4v) is 1.22. The highest BCUT2D eigenvalue weighted by Gasteiger charge is 2.16. The lowest BCUT2D eigenvalue weighted by Gasteiger charge is -2.11. The summed E-state index contributed by atoms with van der Waals surface area (Å²) in [4.78, 5) is 21.6. The molecule has 0 fully saturated rings. The van der Waals surface area contributed by atoms with Crippen molar-refractivity contribution >= 4 is 22.8 Å². The second-order valence-corrected chi connectivity index (χ2v) is 4.53. The Morgan fingerprint density at radius 1 is 1.44 bits per heavy atom. The Labute approximate surface area is 96.0 Å². The van der Waals surface area contributed by atoms with Crippen molar-refractivity contribution < 1.29 is 23.6 Å². The van der Waals surface area contributed by atoms with E-state index < -0.39 is 28.9 Å². The molecule has 0 spiro atoms. The summed E-state index contributed by atoms with van der Waals surface area (Å²) >= 11 is 0. The Kier molecular flexibility index (Phi) is 7.48. The third-order valence-corrected chi connectivity index (χ3v) is 2.46. The van der Waals surface area contributed by atoms with Gasteiger partial charge in [-0.3, -0.25) is 4.21 Å². The first-order chi connectivity index (χ1) is 7.47. The number of aliphatic carboxylic acids is 1. The summed E-state index contributed by atoms with van der Waals surface area (Å²) in [5.41, 5.74) is 0. The first-order valence-corrected chi connectivity index (χ1v) is 6.27. The minimum Gasteiger partial charge on any atom is -0.479 e. The van der Waals surface area contributed by atoms with Gasteiger partial charge in [-0.2, -0.15) is 0 Å². The van der Waals surface area contributed by atoms with Crippen molar-refractivity contribution in [3.8, 4) is 0 Å². The molecular formula is C8H16N2O5S. The van der Waals surface area contributed by atoms with Crippen LogP contribution in [0.2, 0.25) is 0 Å². The van der Waals surface area contributed by atoms with Crippen LogP contribution in [0.3, 0.4) is 0 Å². The van der Waals surface area contributed by atoms with E-state index in [1.54, 1.807) is 0 Å². The van der Waals surface area contributed by atoms with Gasteiger partial charge in [0.15, 0.2) is 6.10 Å². The number of ether oxygens (including phenoxy) is 1. The molecule has 0 heterocycles. The average Bonchev–Trinajstić information content (AvgIpc) is 2.17. The van der Waals surface area contributed by atoms with Gasteiger partial charge in [-0.15, -0.1) is 0 Å². The highest BCUT2D eigenvalue weighted by atomic mass is 32.2. The maximum Gasteiger partial charge on any atom is 0.334 e. The van der Waals surface area contributed by atoms with Gasteiger partial charge in [0.1, 0.15) is 0 Å². The largest absolute Gasteiger partial charge is 0.479 e. The molecule has 8 heteroatoms. The highest BCUT2D eigenvalue weighted by molar-refractivity contribution is 7.84. The third-order valence-electron chi connectivity index (χ3n) is 1.68. The van der Waals surface area contributed by atoms with Gasteiger partial charge in [-0.1, -0.05) is 0 Å². The van der Waals surface area contributed by atoms with Gasteiger partial charge in [0.2, 0.25) is 0 Å². The zero-order valence-electron chi connectivity index (χ0n) is 9.19. The maximum atomic E-state index is 11.1. The van der Waals surface area contributed by atoms with Crippen LogP contribution in [0.5, 0.6) is 0 Å². The number of urea groups is 1. The van der Waals surface area contributed by atoms with Crippen molar-refractivity contribution in [3.63, 3.8) is 0 Å². The van der Waals surface area contributed by atoms with Crippen LogP contribution in [0.1, 0.15) is 0 Å². The highest BCUT2D eigenvalue weighted by Crippen LogP contribution is 1.87. The molecule has 0 radical (unpaired) electrons. The molecule has 2 amide bonds. The predicted molar refractivity (Wildman–Crippen MR) is 58.8 cm³/mol. The van der Waals surface area contributed by atoms with Crippen molar-refractivity contribution in [1.29, 1.82) is 0 Å². The van der Waals surface area contributed by atoms with Gasteiger partial charge < -0.3 is 20.5 Å². The van der Waals surface area contributed by atoms with Gasteiger partial charge in [-0.05, 0) is 0 Å². The molecule has 0 aromatic carbocycles. The lowest BCUT2D eigenvalue weighted by Crippen LogP contribution is -2.43. The van der Waals surface area contributed by atoms with E-state index in [1.165, 1.54) is 13.4 Å². The number of nitrogens with one attached hydrogen (secondary N) is 2. The number of rotatable bonds is 7. The van der Waals surface area contributed by atoms with Crippen molar-refractivity contribution in [2.75, 3.05) is 32.2 Å². The third kappa shape index (κ3) is 7.18. The maximum absolute atomic E-state index is 11.1. The zero-order chi connectivity index (χ0) is 12.6. The molecule has 0 aliphatic carbocycles. The fourth-order valence-electron chi connectivity index (χ4n) is 0.828. The van der Waals surface area contributed by atoms with Crippen molar-refractivity contribution in [2.45, 2.75) is 6.10 Å². The molecule has 0 saturated heterocycles. The van der Waals surface area contributed by atoms with Crippen LogP contribution in [0.25, 0.3) is 0 Å². The van der Waals surface area contributed by atoms with E-state index in [-0.39, 0.29) is 13.1 Å². The molecule has 94 valence electrons. The molecule has 2 unspecified atom stereocenters. The topological polar surface area (TPSA) is 105 Å². The van der Waals surface area contributed by atoms with Crippen molar-refractivity contribution in [3.05, 3.63) is 0 Å². The molecule has 7 nitrogen and oxygen atoms in total. The van der Waals surface area contributed by atoms with Crippen LogP contribution in [-0.2, 0) is 20.3 Å². The van der Waals surface area contributed by atoms with Crippen LogP contribution < -0.4 is 10.6 Å². The van der Waals surface area contributed by atoms with Crippen LogP contribution in [0, 0.1) is 0 Å². The van der Waals surface area contributed by atoms with Crippen LogP contribution in [0.15, 0.2) is 0 Å². The Hall–Kier alpha value is -1.15. The van der Waals surface area contributed by atoms with Gasteiger partial charge in [0.05, 0.1) is 6.54 Å². The quantitative estimate of drug-likeness (QED) is 0.526. The van der Waals surface area contributed by atoms with E-state index >= 15 is 0 Å². The molecule has 0 rings (SSSR count). The van der Waals surface area contributed by atoms with Gasteiger partial charge in [-0.25, -0.2) is 9.59 Å². The van der Waals surface area contributed by atoms with Gasteiger partial charge >= 0.3 is 12.0 Å². The van der Waals surface area contributed by atoms with Crippen molar-refractivity contribution in [1.82, 2.24) is 10.6 Å². The summed E-state index contributed by atoms with van der Waals surface area (Å²) in [5, 5.41) is 13.4. The van der Waals surface area contributed by atoms with Crippen LogP contribution in [0.4, 0.5) is 4.79 Å². The minimum absolute atomic E-state index is 0.118. The molecule has 0 aromatic rings. The van der Waals surface area contributed by atoms with Crippen molar-refractivity contribution in [2.24, 2.45) is 0 Å². The summed E-state index contributed by atoms with van der Waals surface area (Å²) in [6, 6.07) is -0.506. The number of carboxylic acid groups (broad SMARTS) is 1. The molecule has 0 aliphatic heterocycles. The first-order valence-electron chi connectivity index (χ1n) is 4.54. The molecule has 3 N–H and O–H groups in total. The Balaban J connectivity index is 3.71. The van der Waals surface area contributed by atoms with Gasteiger partial charge in [0.25, 0.3) is 0 Å². The summed E-state index contributed by atoms with van der Waals surface area (Å²) in [6.45, 7) is 0.159. The number of hydrogen-bond donors (Lipinski definition) is 3. The fraction of sp³-hybridized carbons (Fsp3) is 0.750. The van der Waals surface area contributed by atoms with E-state index in [4.69, 9.17) is 5.11 Å². The van der Waals surface area contributed by atoms with E-state index in [1.807, 2.05) is 0 Å². The van der Waals surface area contributed by atoms with Gasteiger partial charge in [0, 0.05) is 36.5 Å². The lowest BCUT2D eigenvalue weighted by molar-refractivity contribution is -0.147. The lowest BCUT2D eigenvalue weighted by atomic mass is 10.3. The second-order valence-electron chi connectivity index (χ2n) is 2.98. The summed E-state index contributed by atoms with van der Waals surface area (Å²) in [7, 11) is 0.284. The summed E-state index contributed by atoms with van der Waals surface area (Å²) in [5.74, 6) is -0.780. The van der Waals surface area contributed by atoms with E-state index in [2.05, 4.69) is 15.4 Å². The number of carbonyl (C=O) groups excluding carboxylic acids is 1. The molecule has 0 aromatic heterocycles. The van der Waals surface area contributed by atoms with E-state index in [9.17, 15) is 13.8 Å². The Bertz CT molecular complexity index is 271. The average molecular weight is 252 g/mol. The number of hydrogen-bond acceptors (Lipinski definition) is 4. The number of amides is 2. The standard InChI is InChI=1S/C8H16N2O5S/c1-15-6(7(11)12)5-10-8(13)9-3-4-16(2)14/h6H,3-5H2,1-2H3,(H,11,12)(H2,9,10,13). The number of carboxylic acids is 1. The normalized spacial score (nSPS) is 13.9. The molecular weight excluding hydrogens is 236 g/mol. The van der Waals surface area contributed by atoms with E-state index in [0.717, 1.165) is 0 Å². The van der Waals surface area contributed by atoms with Crippen LogP contribution in [-0.4, -0.2) is 59.6 Å². The number of carbonyl (C=O) groups is 2. The molecule has 0 bridgehead atoms. The smallest absolute Gasteiger partial charge is 0.334 e. The Morgan fingerprint density at radius 2 is 2.06 bits per heavy atom. The number of methoxy groups -OCH3 is 1. The molecule has 0 saturated carbocycles. The molecule has 0 aliphatic rings. The molecule has 16 heavy (non-hydrogen) atoms. The Morgan fingerprint density at radius 3 is 2.50 bits per heavy atom. The summed E-state index contributed by atoms with van der Waals surface area (Å²) < 4.78 is 15.3. The first kappa shape index (κ1) is 14.8. The zero-order valence-corrected chi connectivity index (χ0v) is 10.0. The minimum atomic E-state index is -1.14. The molecule has 2 atom stereocenters.